The molecule has 2 N–H and O–H groups in total. The predicted molar refractivity (Wildman–Crippen MR) is 78.8 cm³/mol. The molecule has 1 aliphatic rings. The molecule has 1 unspecified atom stereocenters. The fourth-order valence-electron chi connectivity index (χ4n) is 3.08. The smallest absolute Gasteiger partial charge is 0.0475 e. The standard InChI is InChI=1S/C17H23NO/c1-2-3-5-10-16(18)17(11-13-19-14-12-17)15-8-6-4-7-9-15/h1,4,6-9,16H,3,5,10-14,18H2. The lowest BCUT2D eigenvalue weighted by molar-refractivity contribution is 0.0386. The lowest BCUT2D eigenvalue weighted by Crippen LogP contribution is -2.49. The number of hydrogen-bond acceptors (Lipinski definition) is 2. The highest BCUT2D eigenvalue weighted by molar-refractivity contribution is 5.28. The summed E-state index contributed by atoms with van der Waals surface area (Å²) in [6.45, 7) is 1.61. The summed E-state index contributed by atoms with van der Waals surface area (Å²) in [5.41, 5.74) is 7.95. The molecular formula is C17H23NO. The van der Waals surface area contributed by atoms with Crippen molar-refractivity contribution in [2.75, 3.05) is 13.2 Å². The Morgan fingerprint density at radius 3 is 2.58 bits per heavy atom. The maximum Gasteiger partial charge on any atom is 0.0475 e. The number of ether oxygens (including phenoxy) is 1. The van der Waals surface area contributed by atoms with Crippen molar-refractivity contribution < 1.29 is 4.74 Å². The van der Waals surface area contributed by atoms with Gasteiger partial charge in [-0.1, -0.05) is 30.3 Å². The number of nitrogens with two attached hydrogens (primary N) is 1. The van der Waals surface area contributed by atoms with Gasteiger partial charge in [-0.2, -0.15) is 0 Å². The van der Waals surface area contributed by atoms with Crippen LogP contribution in [0.2, 0.25) is 0 Å². The summed E-state index contributed by atoms with van der Waals surface area (Å²) < 4.78 is 5.53. The van der Waals surface area contributed by atoms with E-state index in [-0.39, 0.29) is 11.5 Å². The average Bonchev–Trinajstić information content (AvgIpc) is 2.49. The van der Waals surface area contributed by atoms with Crippen molar-refractivity contribution in [3.63, 3.8) is 0 Å². The molecule has 0 spiro atoms. The van der Waals surface area contributed by atoms with Gasteiger partial charge >= 0.3 is 0 Å². The molecule has 1 saturated heterocycles. The van der Waals surface area contributed by atoms with Gasteiger partial charge in [0.2, 0.25) is 0 Å². The summed E-state index contributed by atoms with van der Waals surface area (Å²) in [5.74, 6) is 2.70. The first kappa shape index (κ1) is 14.1. The summed E-state index contributed by atoms with van der Waals surface area (Å²) in [5, 5.41) is 0. The second-order valence-electron chi connectivity index (χ2n) is 5.34. The minimum absolute atomic E-state index is 0.0636. The molecule has 1 aromatic rings. The maximum absolute atomic E-state index is 6.53. The monoisotopic (exact) mass is 257 g/mol. The molecule has 2 heteroatoms. The first-order valence-corrected chi connectivity index (χ1v) is 7.12. The highest BCUT2D eigenvalue weighted by Crippen LogP contribution is 2.38. The van der Waals surface area contributed by atoms with E-state index >= 15 is 0 Å². The zero-order valence-corrected chi connectivity index (χ0v) is 11.5. The lowest BCUT2D eigenvalue weighted by Gasteiger charge is -2.42. The Hall–Kier alpha value is -1.30. The molecule has 19 heavy (non-hydrogen) atoms. The van der Waals surface area contributed by atoms with E-state index in [1.165, 1.54) is 5.56 Å². The molecule has 0 aromatic heterocycles. The third kappa shape index (κ3) is 3.18. The molecule has 0 saturated carbocycles. The van der Waals surface area contributed by atoms with Gasteiger partial charge in [0.1, 0.15) is 0 Å². The number of terminal acetylenes is 1. The van der Waals surface area contributed by atoms with Crippen LogP contribution in [-0.4, -0.2) is 19.3 Å². The van der Waals surface area contributed by atoms with Crippen molar-refractivity contribution in [1.29, 1.82) is 0 Å². The summed E-state index contributed by atoms with van der Waals surface area (Å²) in [6.07, 6.45) is 10.1. The highest BCUT2D eigenvalue weighted by atomic mass is 16.5. The van der Waals surface area contributed by atoms with Crippen LogP contribution in [0.3, 0.4) is 0 Å². The summed E-state index contributed by atoms with van der Waals surface area (Å²) in [7, 11) is 0. The molecular weight excluding hydrogens is 234 g/mol. The van der Waals surface area contributed by atoms with Gasteiger partial charge in [-0.3, -0.25) is 0 Å². The minimum Gasteiger partial charge on any atom is -0.381 e. The molecule has 1 heterocycles. The first-order chi connectivity index (χ1) is 9.29. The van der Waals surface area contributed by atoms with Crippen LogP contribution in [0.5, 0.6) is 0 Å². The van der Waals surface area contributed by atoms with Crippen LogP contribution in [0.15, 0.2) is 30.3 Å². The normalized spacial score (nSPS) is 19.6. The Balaban J connectivity index is 2.17. The maximum atomic E-state index is 6.53. The zero-order chi connectivity index (χ0) is 13.6. The Kier molecular flexibility index (Phi) is 5.01. The van der Waals surface area contributed by atoms with Crippen LogP contribution in [-0.2, 0) is 10.2 Å². The van der Waals surface area contributed by atoms with E-state index in [1.807, 2.05) is 0 Å². The summed E-state index contributed by atoms with van der Waals surface area (Å²) in [4.78, 5) is 0. The highest BCUT2D eigenvalue weighted by Gasteiger charge is 2.39. The molecule has 1 aromatic carbocycles. The molecule has 102 valence electrons. The van der Waals surface area contributed by atoms with Crippen molar-refractivity contribution in [2.45, 2.75) is 43.6 Å². The van der Waals surface area contributed by atoms with Gasteiger partial charge in [0, 0.05) is 31.1 Å². The van der Waals surface area contributed by atoms with E-state index in [1.54, 1.807) is 0 Å². The molecule has 2 nitrogen and oxygen atoms in total. The fraction of sp³-hybridized carbons (Fsp3) is 0.529. The zero-order valence-electron chi connectivity index (χ0n) is 11.5. The molecule has 1 fully saturated rings. The second-order valence-corrected chi connectivity index (χ2v) is 5.34. The van der Waals surface area contributed by atoms with Crippen LogP contribution in [0.4, 0.5) is 0 Å². The van der Waals surface area contributed by atoms with Gasteiger partial charge in [0.15, 0.2) is 0 Å². The molecule has 1 aliphatic heterocycles. The van der Waals surface area contributed by atoms with Gasteiger partial charge in [-0.25, -0.2) is 0 Å². The Morgan fingerprint density at radius 2 is 1.95 bits per heavy atom. The van der Waals surface area contributed by atoms with E-state index in [9.17, 15) is 0 Å². The molecule has 2 rings (SSSR count). The van der Waals surface area contributed by atoms with E-state index < -0.39 is 0 Å². The molecule has 0 radical (unpaired) electrons. The minimum atomic E-state index is 0.0636. The van der Waals surface area contributed by atoms with E-state index in [4.69, 9.17) is 16.9 Å². The molecule has 0 amide bonds. The van der Waals surface area contributed by atoms with E-state index in [0.717, 1.165) is 45.3 Å². The van der Waals surface area contributed by atoms with Crippen LogP contribution in [0.25, 0.3) is 0 Å². The third-order valence-electron chi connectivity index (χ3n) is 4.28. The lowest BCUT2D eigenvalue weighted by atomic mass is 9.68. The molecule has 0 bridgehead atoms. The largest absolute Gasteiger partial charge is 0.381 e. The molecule has 0 aliphatic carbocycles. The SMILES string of the molecule is C#CCCCC(N)C1(c2ccccc2)CCOCC1. The van der Waals surface area contributed by atoms with Crippen molar-refractivity contribution in [2.24, 2.45) is 5.73 Å². The Bertz CT molecular complexity index is 415. The first-order valence-electron chi connectivity index (χ1n) is 7.12. The van der Waals surface area contributed by atoms with Gasteiger partial charge in [0.05, 0.1) is 0 Å². The Morgan fingerprint density at radius 1 is 1.26 bits per heavy atom. The Labute approximate surface area is 116 Å². The van der Waals surface area contributed by atoms with Crippen LogP contribution in [0.1, 0.15) is 37.7 Å². The topological polar surface area (TPSA) is 35.2 Å². The quantitative estimate of drug-likeness (QED) is 0.650. The van der Waals surface area contributed by atoms with Crippen LogP contribution in [0, 0.1) is 12.3 Å². The van der Waals surface area contributed by atoms with Gasteiger partial charge in [-0.15, -0.1) is 12.3 Å². The van der Waals surface area contributed by atoms with E-state index in [2.05, 4.69) is 36.3 Å². The number of rotatable bonds is 5. The summed E-state index contributed by atoms with van der Waals surface area (Å²) in [6, 6.07) is 10.8. The molecule has 1 atom stereocenters. The number of unbranched alkanes of at least 4 members (excludes halogenated alkanes) is 1. The van der Waals surface area contributed by atoms with Gasteiger partial charge in [-0.05, 0) is 31.2 Å². The third-order valence-corrected chi connectivity index (χ3v) is 4.28. The van der Waals surface area contributed by atoms with Gasteiger partial charge in [0.25, 0.3) is 0 Å². The van der Waals surface area contributed by atoms with Crippen LogP contribution >= 0.6 is 0 Å². The van der Waals surface area contributed by atoms with Crippen molar-refractivity contribution in [3.05, 3.63) is 35.9 Å². The van der Waals surface area contributed by atoms with Crippen molar-refractivity contribution >= 4 is 0 Å². The van der Waals surface area contributed by atoms with Gasteiger partial charge < -0.3 is 10.5 Å². The fourth-order valence-corrected chi connectivity index (χ4v) is 3.08. The predicted octanol–water partition coefficient (Wildman–Crippen LogP) is 2.87. The van der Waals surface area contributed by atoms with Crippen LogP contribution < -0.4 is 5.73 Å². The number of hydrogen-bond donors (Lipinski definition) is 1. The summed E-state index contributed by atoms with van der Waals surface area (Å²) >= 11 is 0. The second kappa shape index (κ2) is 6.75. The van der Waals surface area contributed by atoms with E-state index in [0.29, 0.717) is 0 Å². The van der Waals surface area contributed by atoms with Crippen molar-refractivity contribution in [1.82, 2.24) is 0 Å². The average molecular weight is 257 g/mol. The number of benzene rings is 1. The van der Waals surface area contributed by atoms with Crippen molar-refractivity contribution in [3.8, 4) is 12.3 Å².